The Hall–Kier alpha value is -3.38. The second kappa shape index (κ2) is 10.1. The number of anilines is 1. The molecule has 1 aromatic carbocycles. The van der Waals surface area contributed by atoms with Crippen LogP contribution in [0.15, 0.2) is 30.6 Å². The van der Waals surface area contributed by atoms with Crippen molar-refractivity contribution in [3.8, 4) is 11.3 Å². The van der Waals surface area contributed by atoms with Crippen molar-refractivity contribution in [1.82, 2.24) is 24.2 Å². The van der Waals surface area contributed by atoms with Crippen LogP contribution < -0.4 is 11.1 Å². The topological polar surface area (TPSA) is 111 Å². The number of alkyl halides is 3. The fourth-order valence-electron chi connectivity index (χ4n) is 4.75. The largest absolute Gasteiger partial charge is 0.435 e. The van der Waals surface area contributed by atoms with E-state index in [0.29, 0.717) is 30.9 Å². The Morgan fingerprint density at radius 2 is 2.00 bits per heavy atom. The molecule has 2 aliphatic rings. The number of carbonyl (C=O) groups excluding carboxylic acids is 2. The molecule has 3 heterocycles. The summed E-state index contributed by atoms with van der Waals surface area (Å²) in [4.78, 5) is 31.7. The summed E-state index contributed by atoms with van der Waals surface area (Å²) in [5.74, 6) is -0.682. The molecule has 1 aliphatic carbocycles. The number of hydrogen-bond donors (Lipinski definition) is 2. The number of carbonyl (C=O) groups is 2. The second-order valence-corrected chi connectivity index (χ2v) is 10.2. The normalized spacial score (nSPS) is 18.1. The van der Waals surface area contributed by atoms with Crippen LogP contribution >= 0.6 is 11.6 Å². The van der Waals surface area contributed by atoms with Crippen LogP contribution in [-0.2, 0) is 13.2 Å². The van der Waals surface area contributed by atoms with Crippen molar-refractivity contribution in [3.63, 3.8) is 0 Å². The SMILES string of the molecule is Cn1c(-c2cn(C3CC3)nc2C(F)(F)F)cnc1C(=O)Nc1ccc(C(=O)N2CCCC(CN)C2)c(Cl)c1. The molecule has 1 atom stereocenters. The lowest BCUT2D eigenvalue weighted by atomic mass is 9.97. The molecule has 202 valence electrons. The Morgan fingerprint density at radius 1 is 1.24 bits per heavy atom. The average molecular weight is 550 g/mol. The van der Waals surface area contributed by atoms with Crippen molar-refractivity contribution < 1.29 is 22.8 Å². The lowest BCUT2D eigenvalue weighted by Gasteiger charge is -2.32. The highest BCUT2D eigenvalue weighted by Gasteiger charge is 2.40. The maximum absolute atomic E-state index is 13.7. The summed E-state index contributed by atoms with van der Waals surface area (Å²) in [6.45, 7) is 1.71. The number of hydrogen-bond acceptors (Lipinski definition) is 5. The van der Waals surface area contributed by atoms with Gasteiger partial charge in [0.05, 0.1) is 34.1 Å². The van der Waals surface area contributed by atoms with Gasteiger partial charge in [0.1, 0.15) is 0 Å². The molecule has 9 nitrogen and oxygen atoms in total. The van der Waals surface area contributed by atoms with Gasteiger partial charge in [-0.3, -0.25) is 14.3 Å². The number of imidazole rings is 1. The predicted molar refractivity (Wildman–Crippen MR) is 135 cm³/mol. The van der Waals surface area contributed by atoms with E-state index in [-0.39, 0.29) is 40.0 Å². The molecule has 1 saturated heterocycles. The number of benzene rings is 1. The van der Waals surface area contributed by atoms with E-state index in [1.165, 1.54) is 40.8 Å². The van der Waals surface area contributed by atoms with Crippen LogP contribution in [0, 0.1) is 5.92 Å². The van der Waals surface area contributed by atoms with Gasteiger partial charge in [0.15, 0.2) is 11.5 Å². The number of rotatable bonds is 6. The number of halogens is 4. The quantitative estimate of drug-likeness (QED) is 0.475. The maximum atomic E-state index is 13.7. The molecular formula is C25H27ClF3N7O2. The number of piperidine rings is 1. The molecule has 3 aromatic rings. The van der Waals surface area contributed by atoms with Crippen LogP contribution in [0.2, 0.25) is 5.02 Å². The fourth-order valence-corrected chi connectivity index (χ4v) is 5.01. The van der Waals surface area contributed by atoms with Gasteiger partial charge in [-0.05, 0) is 56.3 Å². The van der Waals surface area contributed by atoms with Gasteiger partial charge in [-0.25, -0.2) is 4.98 Å². The minimum absolute atomic E-state index is 0.0440. The minimum Gasteiger partial charge on any atom is -0.338 e. The molecule has 2 fully saturated rings. The zero-order valence-corrected chi connectivity index (χ0v) is 21.4. The monoisotopic (exact) mass is 549 g/mol. The zero-order chi connectivity index (χ0) is 27.2. The number of likely N-dealkylation sites (tertiary alicyclic amines) is 1. The lowest BCUT2D eigenvalue weighted by molar-refractivity contribution is -0.141. The molecule has 5 rings (SSSR count). The number of nitrogens with two attached hydrogens (primary N) is 1. The Bertz CT molecular complexity index is 1380. The van der Waals surface area contributed by atoms with Crippen molar-refractivity contribution in [3.05, 3.63) is 52.7 Å². The summed E-state index contributed by atoms with van der Waals surface area (Å²) in [5.41, 5.74) is 5.36. The molecule has 1 aliphatic heterocycles. The Labute approximate surface area is 221 Å². The number of nitrogens with zero attached hydrogens (tertiary/aromatic N) is 5. The molecule has 2 amide bonds. The fraction of sp³-hybridized carbons (Fsp3) is 0.440. The highest BCUT2D eigenvalue weighted by atomic mass is 35.5. The number of amides is 2. The van der Waals surface area contributed by atoms with Gasteiger partial charge < -0.3 is 20.5 Å². The first-order valence-corrected chi connectivity index (χ1v) is 12.7. The number of nitrogens with one attached hydrogen (secondary N) is 1. The highest BCUT2D eigenvalue weighted by molar-refractivity contribution is 6.34. The van der Waals surface area contributed by atoms with Crippen LogP contribution in [-0.4, -0.2) is 55.7 Å². The predicted octanol–water partition coefficient (Wildman–Crippen LogP) is 4.35. The molecule has 13 heteroatoms. The van der Waals surface area contributed by atoms with E-state index in [0.717, 1.165) is 25.7 Å². The molecule has 3 N–H and O–H groups in total. The van der Waals surface area contributed by atoms with Crippen molar-refractivity contribution in [2.75, 3.05) is 25.0 Å². The zero-order valence-electron chi connectivity index (χ0n) is 20.6. The smallest absolute Gasteiger partial charge is 0.338 e. The first-order chi connectivity index (χ1) is 18.1. The van der Waals surface area contributed by atoms with E-state index in [2.05, 4.69) is 15.4 Å². The average Bonchev–Trinajstić information content (AvgIpc) is 3.51. The van der Waals surface area contributed by atoms with Crippen molar-refractivity contribution >= 4 is 29.1 Å². The van der Waals surface area contributed by atoms with E-state index in [4.69, 9.17) is 17.3 Å². The molecule has 0 bridgehead atoms. The van der Waals surface area contributed by atoms with Crippen molar-refractivity contribution in [2.45, 2.75) is 37.9 Å². The van der Waals surface area contributed by atoms with Crippen molar-refractivity contribution in [2.24, 2.45) is 18.7 Å². The second-order valence-electron chi connectivity index (χ2n) is 9.77. The molecule has 1 unspecified atom stereocenters. The van der Waals surface area contributed by atoms with Gasteiger partial charge in [-0.1, -0.05) is 11.6 Å². The number of aromatic nitrogens is 4. The first kappa shape index (κ1) is 26.2. The third kappa shape index (κ3) is 5.14. The van der Waals surface area contributed by atoms with Gasteiger partial charge >= 0.3 is 6.18 Å². The van der Waals surface area contributed by atoms with Gasteiger partial charge in [0, 0.05) is 32.0 Å². The third-order valence-corrected chi connectivity index (χ3v) is 7.30. The van der Waals surface area contributed by atoms with E-state index < -0.39 is 17.8 Å². The molecule has 0 spiro atoms. The van der Waals surface area contributed by atoms with Gasteiger partial charge in [0.2, 0.25) is 0 Å². The molecule has 0 radical (unpaired) electrons. The summed E-state index contributed by atoms with van der Waals surface area (Å²) >= 11 is 6.39. The Kier molecular flexibility index (Phi) is 6.95. The summed E-state index contributed by atoms with van der Waals surface area (Å²) in [7, 11) is 1.47. The summed E-state index contributed by atoms with van der Waals surface area (Å²) in [5, 5.41) is 6.58. The van der Waals surface area contributed by atoms with E-state index in [9.17, 15) is 22.8 Å². The van der Waals surface area contributed by atoms with Crippen LogP contribution in [0.3, 0.4) is 0 Å². The van der Waals surface area contributed by atoms with E-state index >= 15 is 0 Å². The first-order valence-electron chi connectivity index (χ1n) is 12.4. The van der Waals surface area contributed by atoms with Gasteiger partial charge in [0.25, 0.3) is 11.8 Å². The summed E-state index contributed by atoms with van der Waals surface area (Å²) in [6.07, 6.45) is 1.32. The molecule has 1 saturated carbocycles. The van der Waals surface area contributed by atoms with Crippen LogP contribution in [0.4, 0.5) is 18.9 Å². The van der Waals surface area contributed by atoms with Crippen LogP contribution in [0.5, 0.6) is 0 Å². The highest BCUT2D eigenvalue weighted by Crippen LogP contribution is 2.41. The van der Waals surface area contributed by atoms with E-state index in [1.54, 1.807) is 11.0 Å². The Morgan fingerprint density at radius 3 is 2.66 bits per heavy atom. The minimum atomic E-state index is -4.66. The molecule has 38 heavy (non-hydrogen) atoms. The van der Waals surface area contributed by atoms with Crippen LogP contribution in [0.1, 0.15) is 58.4 Å². The van der Waals surface area contributed by atoms with Crippen LogP contribution in [0.25, 0.3) is 11.3 Å². The molecular weight excluding hydrogens is 523 g/mol. The Balaban J connectivity index is 1.34. The standard InChI is InChI=1S/C25H27ClF3N7O2/c1-34-20(18-13-36(16-5-6-16)33-21(18)25(27,28)29)11-31-22(34)23(37)32-15-4-7-17(19(26)9-15)24(38)35-8-2-3-14(10-30)12-35/h4,7,9,11,13-14,16H,2-3,5-6,8,10,12,30H2,1H3,(H,32,37). The van der Waals surface area contributed by atoms with E-state index in [1.807, 2.05) is 0 Å². The summed E-state index contributed by atoms with van der Waals surface area (Å²) in [6, 6.07) is 4.50. The van der Waals surface area contributed by atoms with Gasteiger partial charge in [-0.2, -0.15) is 18.3 Å². The van der Waals surface area contributed by atoms with Gasteiger partial charge in [-0.15, -0.1) is 0 Å². The maximum Gasteiger partial charge on any atom is 0.435 e. The summed E-state index contributed by atoms with van der Waals surface area (Å²) < 4.78 is 43.6. The lowest BCUT2D eigenvalue weighted by Crippen LogP contribution is -2.42. The van der Waals surface area contributed by atoms with Crippen molar-refractivity contribution in [1.29, 1.82) is 0 Å². The third-order valence-electron chi connectivity index (χ3n) is 6.99. The molecule has 2 aromatic heterocycles.